The van der Waals surface area contributed by atoms with Crippen molar-refractivity contribution in [1.29, 1.82) is 0 Å². The molecule has 2 rings (SSSR count). The molecule has 0 radical (unpaired) electrons. The number of hydrogen-bond donors (Lipinski definition) is 3. The number of hydrazone groups is 1. The van der Waals surface area contributed by atoms with Crippen molar-refractivity contribution in [3.63, 3.8) is 0 Å². The molecule has 5 nitrogen and oxygen atoms in total. The van der Waals surface area contributed by atoms with Crippen LogP contribution in [0.25, 0.3) is 0 Å². The molecule has 23 heavy (non-hydrogen) atoms. The summed E-state index contributed by atoms with van der Waals surface area (Å²) in [5.74, 6) is -0.574. The number of phenolic OH excluding ortho intramolecular Hbond substituents is 1. The van der Waals surface area contributed by atoms with Crippen LogP contribution in [-0.4, -0.2) is 23.8 Å². The molecule has 2 aromatic carbocycles. The van der Waals surface area contributed by atoms with Crippen LogP contribution in [0, 0.1) is 13.0 Å². The first-order chi connectivity index (χ1) is 11.0. The van der Waals surface area contributed by atoms with Gasteiger partial charge in [-0.2, -0.15) is 5.10 Å². The standard InChI is InChI=1S/C15H12FI2N3O2/c16-10-1-3-12(4-2-10)19-8-14(22)21-20-7-9-5-11(17)6-13(18)15(9)23/h1-7,19,23H,8H2,(H,21,22)/b20-7-. The van der Waals surface area contributed by atoms with Crippen LogP contribution in [0.15, 0.2) is 41.5 Å². The molecule has 0 unspecified atom stereocenters. The van der Waals surface area contributed by atoms with Crippen LogP contribution < -0.4 is 10.7 Å². The molecule has 3 N–H and O–H groups in total. The number of nitrogens with zero attached hydrogens (tertiary/aromatic N) is 1. The highest BCUT2D eigenvalue weighted by Crippen LogP contribution is 2.25. The predicted molar refractivity (Wildman–Crippen MR) is 104 cm³/mol. The maximum absolute atomic E-state index is 12.8. The molecule has 2 aromatic rings. The topological polar surface area (TPSA) is 73.7 Å². The van der Waals surface area contributed by atoms with Crippen molar-refractivity contribution in [2.75, 3.05) is 11.9 Å². The smallest absolute Gasteiger partial charge is 0.259 e. The summed E-state index contributed by atoms with van der Waals surface area (Å²) < 4.78 is 14.4. The van der Waals surface area contributed by atoms with Gasteiger partial charge in [-0.05, 0) is 81.6 Å². The van der Waals surface area contributed by atoms with Crippen molar-refractivity contribution in [2.45, 2.75) is 0 Å². The van der Waals surface area contributed by atoms with E-state index in [0.717, 1.165) is 3.57 Å². The molecule has 0 aliphatic rings. The summed E-state index contributed by atoms with van der Waals surface area (Å²) in [7, 11) is 0. The van der Waals surface area contributed by atoms with E-state index in [-0.39, 0.29) is 24.0 Å². The summed E-state index contributed by atoms with van der Waals surface area (Å²) in [4.78, 5) is 11.7. The Hall–Kier alpha value is -1.43. The zero-order valence-electron chi connectivity index (χ0n) is 11.7. The van der Waals surface area contributed by atoms with Crippen LogP contribution in [0.5, 0.6) is 5.75 Å². The summed E-state index contributed by atoms with van der Waals surface area (Å²) in [5.41, 5.74) is 3.51. The molecular formula is C15H12FI2N3O2. The van der Waals surface area contributed by atoms with Gasteiger partial charge in [-0.25, -0.2) is 9.82 Å². The molecule has 0 bridgehead atoms. The highest BCUT2D eigenvalue weighted by molar-refractivity contribution is 14.1. The summed E-state index contributed by atoms with van der Waals surface area (Å²) >= 11 is 4.16. The number of phenols is 1. The van der Waals surface area contributed by atoms with E-state index in [2.05, 4.69) is 38.4 Å². The normalized spacial score (nSPS) is 10.7. The van der Waals surface area contributed by atoms with Gasteiger partial charge in [-0.3, -0.25) is 4.79 Å². The van der Waals surface area contributed by atoms with Gasteiger partial charge in [-0.15, -0.1) is 0 Å². The van der Waals surface area contributed by atoms with Crippen molar-refractivity contribution in [3.05, 3.63) is 54.9 Å². The van der Waals surface area contributed by atoms with Gasteiger partial charge in [0.1, 0.15) is 11.6 Å². The zero-order chi connectivity index (χ0) is 16.8. The van der Waals surface area contributed by atoms with Gasteiger partial charge in [0.15, 0.2) is 0 Å². The first kappa shape index (κ1) is 17.9. The number of anilines is 1. The van der Waals surface area contributed by atoms with Gasteiger partial charge in [0, 0.05) is 14.8 Å². The SMILES string of the molecule is O=C(CNc1ccc(F)cc1)N/N=C\c1cc(I)cc(I)c1O. The summed E-state index contributed by atoms with van der Waals surface area (Å²) in [6, 6.07) is 9.28. The second kappa shape index (κ2) is 8.43. The maximum Gasteiger partial charge on any atom is 0.259 e. The van der Waals surface area contributed by atoms with Crippen LogP contribution >= 0.6 is 45.2 Å². The van der Waals surface area contributed by atoms with Gasteiger partial charge >= 0.3 is 0 Å². The molecule has 1 amide bonds. The van der Waals surface area contributed by atoms with E-state index in [0.29, 0.717) is 14.8 Å². The van der Waals surface area contributed by atoms with E-state index in [9.17, 15) is 14.3 Å². The second-order valence-corrected chi connectivity index (χ2v) is 6.89. The minimum Gasteiger partial charge on any atom is -0.506 e. The van der Waals surface area contributed by atoms with Gasteiger partial charge in [0.05, 0.1) is 16.3 Å². The molecule has 8 heteroatoms. The number of halogens is 3. The van der Waals surface area contributed by atoms with Crippen molar-refractivity contribution in [2.24, 2.45) is 5.10 Å². The Morgan fingerprint density at radius 1 is 1.26 bits per heavy atom. The summed E-state index contributed by atoms with van der Waals surface area (Å²) in [6.07, 6.45) is 1.38. The first-order valence-corrected chi connectivity index (χ1v) is 8.61. The highest BCUT2D eigenvalue weighted by atomic mass is 127. The fourth-order valence-electron chi connectivity index (χ4n) is 1.65. The molecule has 0 saturated carbocycles. The van der Waals surface area contributed by atoms with Gasteiger partial charge in [0.2, 0.25) is 0 Å². The lowest BCUT2D eigenvalue weighted by Crippen LogP contribution is -2.25. The lowest BCUT2D eigenvalue weighted by molar-refractivity contribution is -0.119. The van der Waals surface area contributed by atoms with Crippen molar-refractivity contribution in [3.8, 4) is 5.75 Å². The largest absolute Gasteiger partial charge is 0.506 e. The average Bonchev–Trinajstić information content (AvgIpc) is 2.51. The maximum atomic E-state index is 12.8. The zero-order valence-corrected chi connectivity index (χ0v) is 16.0. The predicted octanol–water partition coefficient (Wildman–Crippen LogP) is 3.30. The van der Waals surface area contributed by atoms with E-state index in [1.54, 1.807) is 6.07 Å². The molecule has 0 aliphatic carbocycles. The number of rotatable bonds is 5. The van der Waals surface area contributed by atoms with E-state index in [4.69, 9.17) is 0 Å². The molecule has 0 saturated heterocycles. The molecule has 0 aliphatic heterocycles. The lowest BCUT2D eigenvalue weighted by Gasteiger charge is -2.05. The van der Waals surface area contributed by atoms with Crippen molar-refractivity contribution >= 4 is 63.0 Å². The van der Waals surface area contributed by atoms with Gasteiger partial charge in [0.25, 0.3) is 5.91 Å². The van der Waals surface area contributed by atoms with Gasteiger partial charge in [-0.1, -0.05) is 0 Å². The number of carbonyl (C=O) groups excluding carboxylic acids is 1. The first-order valence-electron chi connectivity index (χ1n) is 6.45. The molecule has 120 valence electrons. The quantitative estimate of drug-likeness (QED) is 0.311. The van der Waals surface area contributed by atoms with Crippen LogP contribution in [0.3, 0.4) is 0 Å². The Bertz CT molecular complexity index is 736. The fourth-order valence-corrected chi connectivity index (χ4v) is 3.54. The Morgan fingerprint density at radius 2 is 1.96 bits per heavy atom. The van der Waals surface area contributed by atoms with Crippen LogP contribution in [-0.2, 0) is 4.79 Å². The van der Waals surface area contributed by atoms with E-state index in [1.807, 2.05) is 28.7 Å². The number of hydrogen-bond acceptors (Lipinski definition) is 4. The summed E-state index contributed by atoms with van der Waals surface area (Å²) in [6.45, 7) is -0.00118. The third-order valence-corrected chi connectivity index (χ3v) is 4.19. The minimum absolute atomic E-state index is 0.00118. The monoisotopic (exact) mass is 539 g/mol. The number of benzene rings is 2. The Balaban J connectivity index is 1.88. The number of aromatic hydroxyl groups is 1. The molecule has 0 fully saturated rings. The third kappa shape index (κ3) is 5.61. The number of carbonyl (C=O) groups is 1. The number of amides is 1. The average molecular weight is 539 g/mol. The third-order valence-electron chi connectivity index (χ3n) is 2.75. The molecule has 0 heterocycles. The highest BCUT2D eigenvalue weighted by Gasteiger charge is 2.05. The summed E-state index contributed by atoms with van der Waals surface area (Å²) in [5, 5.41) is 16.6. The van der Waals surface area contributed by atoms with Crippen LogP contribution in [0.1, 0.15) is 5.56 Å². The fraction of sp³-hybridized carbons (Fsp3) is 0.0667. The van der Waals surface area contributed by atoms with E-state index >= 15 is 0 Å². The van der Waals surface area contributed by atoms with Crippen LogP contribution in [0.4, 0.5) is 10.1 Å². The molecule has 0 atom stereocenters. The molecule has 0 aromatic heterocycles. The Kier molecular flexibility index (Phi) is 6.57. The van der Waals surface area contributed by atoms with Crippen LogP contribution in [0.2, 0.25) is 0 Å². The second-order valence-electron chi connectivity index (χ2n) is 4.48. The van der Waals surface area contributed by atoms with E-state index in [1.165, 1.54) is 30.5 Å². The minimum atomic E-state index is -0.356. The van der Waals surface area contributed by atoms with Crippen molar-refractivity contribution in [1.82, 2.24) is 5.43 Å². The van der Waals surface area contributed by atoms with Gasteiger partial charge < -0.3 is 10.4 Å². The number of nitrogens with one attached hydrogen (secondary N) is 2. The lowest BCUT2D eigenvalue weighted by atomic mass is 10.2. The Labute approximate surface area is 159 Å². The Morgan fingerprint density at radius 3 is 2.65 bits per heavy atom. The van der Waals surface area contributed by atoms with E-state index < -0.39 is 0 Å². The molecular weight excluding hydrogens is 527 g/mol. The van der Waals surface area contributed by atoms with Crippen molar-refractivity contribution < 1.29 is 14.3 Å². The molecule has 0 spiro atoms.